The fourth-order valence-electron chi connectivity index (χ4n) is 10.1. The van der Waals surface area contributed by atoms with Crippen molar-refractivity contribution in [1.82, 2.24) is 53.6 Å². The van der Waals surface area contributed by atoms with E-state index in [9.17, 15) is 80.8 Å². The molecule has 5 aliphatic heterocycles. The van der Waals surface area contributed by atoms with Gasteiger partial charge in [-0.1, -0.05) is 32.3 Å². The van der Waals surface area contributed by atoms with E-state index in [1.165, 1.54) is 19.0 Å². The zero-order valence-corrected chi connectivity index (χ0v) is 65.8. The van der Waals surface area contributed by atoms with Gasteiger partial charge in [-0.15, -0.1) is 6.58 Å². The molecule has 0 amide bonds. The predicted molar refractivity (Wildman–Crippen MR) is 356 cm³/mol. The van der Waals surface area contributed by atoms with E-state index in [2.05, 4.69) is 131 Å². The minimum atomic E-state index is -4.64. The fourth-order valence-corrected chi connectivity index (χ4v) is 13.3. The summed E-state index contributed by atoms with van der Waals surface area (Å²) < 4.78 is 173. The Morgan fingerprint density at radius 2 is 0.982 bits per heavy atom. The molecule has 0 aliphatic carbocycles. The molecule has 11 heterocycles. The van der Waals surface area contributed by atoms with Crippen molar-refractivity contribution >= 4 is 114 Å². The first kappa shape index (κ1) is 95.1. The number of phosphoric acid groups is 8. The molecule has 11 rings (SSSR count). The zero-order chi connectivity index (χ0) is 80.4. The van der Waals surface area contributed by atoms with Crippen molar-refractivity contribution in [2.24, 2.45) is 0 Å². The largest absolute Gasteiger partial charge is 0.756 e. The van der Waals surface area contributed by atoms with Gasteiger partial charge in [-0.3, -0.25) is 45.7 Å². The molecule has 19 atom stereocenters. The Morgan fingerprint density at radius 1 is 0.550 bits per heavy atom. The number of nitrogens with zero attached hydrogens (tertiary/aromatic N) is 12. The number of anilines is 3. The van der Waals surface area contributed by atoms with Gasteiger partial charge >= 0.3 is 5.65 Å². The standard InChI is InChI=1S/C16H25N5O9P2.C15H23N5O9P2.C9H11N5.C7H16O10P2.2CH5O4P.CH4/c1-4-10-6-17-15-14-16(19-8-18-15)21(9-20(10)14)13-5-11(30-32(24,25)27-3)12(29-13)7-28-31(22,23)26-2;1-4-5-16-14-13-15(18-8-17-14)20(9-19-13)12-6-10(29-31(23,24)26-3)11(28-12)7-27-30(21,22)25-2;1-2-6-3-10-8-7-9(12-4-11-8)13-5-14(6)7;1-13-18(9,10)15-4-6-5(3-7(8)16-6)17-19(11,12)14-2;2*1-5-6(2,3)4;/h8-13H,4-7H2,1-3H3,(H2-,17,18,19,22,23,24,25);4,8-12H,1,5-7H2,2-3H3,(H,21,22)(H,23,24)(H,16,17,18);4-6H,2-3H2,1H3,(H,10,11,12);5-8H,3-4H2,1-2H3,(H,9,10)(H,11,12);2*1H3,(H2,2,3,4);1H4/p-7/t10?,11-,12-,13-;10-,11-,12-;;5-,6-,7?;;;/m11.1.../s1. The van der Waals surface area contributed by atoms with Gasteiger partial charge in [-0.25, -0.2) is 34.5 Å². The first-order valence-electron chi connectivity index (χ1n) is 31.1. The van der Waals surface area contributed by atoms with Crippen molar-refractivity contribution in [3.05, 3.63) is 50.6 Å². The molecule has 3 saturated heterocycles. The lowest BCUT2D eigenvalue weighted by Gasteiger charge is -2.28. The van der Waals surface area contributed by atoms with Crippen LogP contribution in [0.15, 0.2) is 50.6 Å². The van der Waals surface area contributed by atoms with Crippen LogP contribution in [-0.4, -0.2) is 208 Å². The van der Waals surface area contributed by atoms with Crippen LogP contribution < -0.4 is 59.7 Å². The van der Waals surface area contributed by atoms with Gasteiger partial charge in [0, 0.05) is 89.2 Å². The van der Waals surface area contributed by atoms with Crippen molar-refractivity contribution in [3.63, 3.8) is 0 Å². The second kappa shape index (κ2) is 41.7. The highest BCUT2D eigenvalue weighted by molar-refractivity contribution is 7.47. The Morgan fingerprint density at radius 3 is 1.46 bits per heavy atom. The Labute approximate surface area is 621 Å². The number of rotatable bonds is 30. The van der Waals surface area contributed by atoms with Crippen LogP contribution in [0.1, 0.15) is 77.9 Å². The molecular formula is C50H82N15O36P8-7. The van der Waals surface area contributed by atoms with Crippen molar-refractivity contribution in [2.45, 2.75) is 121 Å². The Bertz CT molecular complexity index is 4310. The number of aliphatic hydroxyl groups excluding tert-OH is 1. The quantitative estimate of drug-likeness (QED) is 0.0181. The normalized spacial score (nSPS) is 26.3. The lowest BCUT2D eigenvalue weighted by Crippen LogP contribution is -2.39. The average molecular weight is 1720 g/mol. The first-order valence-corrected chi connectivity index (χ1v) is 42.8. The minimum Gasteiger partial charge on any atom is -0.756 e. The van der Waals surface area contributed by atoms with E-state index in [4.69, 9.17) is 42.1 Å². The van der Waals surface area contributed by atoms with Crippen molar-refractivity contribution in [1.29, 1.82) is 0 Å². The maximum Gasteiger partial charge on any atom is 0.309 e. The van der Waals surface area contributed by atoms with Crippen LogP contribution in [0.2, 0.25) is 0 Å². The van der Waals surface area contributed by atoms with Crippen LogP contribution in [-0.2, 0) is 114 Å². The van der Waals surface area contributed by atoms with E-state index in [0.717, 1.165) is 98.8 Å². The molecule has 0 spiro atoms. The number of imidazole rings is 3. The van der Waals surface area contributed by atoms with E-state index in [1.54, 1.807) is 21.5 Å². The number of phosphoric ester groups is 8. The van der Waals surface area contributed by atoms with E-state index >= 15 is 0 Å². The molecule has 109 heavy (non-hydrogen) atoms. The number of fused-ring (bicyclic) bond motifs is 1. The van der Waals surface area contributed by atoms with Crippen molar-refractivity contribution < 1.29 is 173 Å². The molecular weight excluding hydrogens is 1630 g/mol. The molecule has 0 bridgehead atoms. The lowest BCUT2D eigenvalue weighted by atomic mass is 10.2. The van der Waals surface area contributed by atoms with Crippen molar-refractivity contribution in [2.75, 3.05) is 112 Å². The van der Waals surface area contributed by atoms with E-state index in [1.807, 2.05) is 12.7 Å². The van der Waals surface area contributed by atoms with Gasteiger partial charge in [0.1, 0.15) is 48.8 Å². The molecule has 6 aromatic heterocycles. The van der Waals surface area contributed by atoms with Crippen molar-refractivity contribution in [3.8, 4) is 0 Å². The minimum absolute atomic E-state index is 0. The topological polar surface area (TPSA) is 697 Å². The summed E-state index contributed by atoms with van der Waals surface area (Å²) in [4.78, 5) is 137. The number of aromatic nitrogens is 12. The van der Waals surface area contributed by atoms with Crippen LogP contribution >= 0.6 is 62.6 Å². The van der Waals surface area contributed by atoms with Gasteiger partial charge in [0.2, 0.25) is 5.52 Å². The van der Waals surface area contributed by atoms with E-state index in [0.29, 0.717) is 47.6 Å². The zero-order valence-electron chi connectivity index (χ0n) is 58.6. The molecule has 0 aromatic carbocycles. The molecule has 620 valence electrons. The number of aliphatic hydroxyl groups is 1. The third kappa shape index (κ3) is 28.2. The number of hydrogen-bond donors (Lipinski definition) is 6. The Hall–Kier alpha value is -4.49. The van der Waals surface area contributed by atoms with Crippen LogP contribution in [0.5, 0.6) is 0 Å². The smallest absolute Gasteiger partial charge is 0.309 e. The lowest BCUT2D eigenvalue weighted by molar-refractivity contribution is -0.739. The maximum atomic E-state index is 11.9. The van der Waals surface area contributed by atoms with Crippen LogP contribution in [0.25, 0.3) is 33.5 Å². The Balaban J connectivity index is 0.000000255. The monoisotopic (exact) mass is 1720 g/mol. The van der Waals surface area contributed by atoms with Gasteiger partial charge in [-0.2, -0.15) is 4.98 Å². The summed E-state index contributed by atoms with van der Waals surface area (Å²) in [6.07, 6.45) is 3.74. The number of ether oxygens (including phenoxy) is 3. The second-order valence-corrected chi connectivity index (χ2v) is 33.5. The summed E-state index contributed by atoms with van der Waals surface area (Å²) in [5, 5.41) is 18.9. The fraction of sp³-hybridized carbons (Fsp3) is 0.660. The highest BCUT2D eigenvalue weighted by atomic mass is 31.2. The summed E-state index contributed by atoms with van der Waals surface area (Å²) in [5.41, 5.74) is 4.05. The highest BCUT2D eigenvalue weighted by Gasteiger charge is 2.45. The molecule has 5 aliphatic rings. The highest BCUT2D eigenvalue weighted by Crippen LogP contribution is 2.49. The van der Waals surface area contributed by atoms with Gasteiger partial charge in [0.15, 0.2) is 59.4 Å². The Kier molecular flexibility index (Phi) is 36.4. The number of hydrogen-bond acceptors (Lipinski definition) is 45. The summed E-state index contributed by atoms with van der Waals surface area (Å²) in [6.45, 7) is 8.35. The summed E-state index contributed by atoms with van der Waals surface area (Å²) in [7, 11) is -28.8. The van der Waals surface area contributed by atoms with Gasteiger partial charge in [0.25, 0.3) is 62.6 Å². The van der Waals surface area contributed by atoms with Crippen LogP contribution in [0.4, 0.5) is 17.5 Å². The van der Waals surface area contributed by atoms with Gasteiger partial charge in [0.05, 0.1) is 63.3 Å². The second-order valence-electron chi connectivity index (χ2n) is 22.0. The summed E-state index contributed by atoms with van der Waals surface area (Å²) in [5.74, 6) is 2.06. The van der Waals surface area contributed by atoms with Gasteiger partial charge < -0.3 is 152 Å². The molecule has 6 N–H and O–H groups in total. The predicted octanol–water partition coefficient (Wildman–Crippen LogP) is -0.892. The SMILES string of the molecule is C.C=CCNc1ncnc2c1ncn2[C@H]1C[C@@H](OP(=O)([O-])OC)[C@@H](COP(=O)([O-])OC)O1.CCC1CNc2ncnc3c2n1c[n+]3[C@H]1C[C@@H](OP(=O)([O-])OC)[C@@H](COP(=O)([O-])OC)O1.CCC1CNc2ncnc3ncn1c23.COP(=O)([O-])O.COP(=O)([O-])O.COP(=O)([O-])OC[C@H]1OC(O)C[C@H]1OP(=O)([O-])OC. The molecule has 3 fully saturated rings. The molecule has 51 nitrogen and oxygen atoms in total. The average Bonchev–Trinajstić information content (AvgIpc) is 1.60. The van der Waals surface area contributed by atoms with Crippen LogP contribution in [0, 0.1) is 0 Å². The van der Waals surface area contributed by atoms with Crippen LogP contribution in [0.3, 0.4) is 0 Å². The molecule has 0 radical (unpaired) electrons. The maximum absolute atomic E-state index is 11.9. The van der Waals surface area contributed by atoms with E-state index in [-0.39, 0.29) is 32.7 Å². The van der Waals surface area contributed by atoms with Gasteiger partial charge in [-0.05, 0) is 12.8 Å². The number of nitrogens with one attached hydrogen (secondary N) is 3. The third-order valence-electron chi connectivity index (χ3n) is 15.4. The summed E-state index contributed by atoms with van der Waals surface area (Å²) >= 11 is 0. The van der Waals surface area contributed by atoms with E-state index < -0.39 is 138 Å². The molecule has 11 unspecified atom stereocenters. The first-order chi connectivity index (χ1) is 50.6. The molecule has 59 heteroatoms. The molecule has 6 aromatic rings. The third-order valence-corrected chi connectivity index (χ3v) is 22.0. The molecule has 0 saturated carbocycles. The summed E-state index contributed by atoms with van der Waals surface area (Å²) in [6, 6.07) is 0.631.